The van der Waals surface area contributed by atoms with Crippen molar-refractivity contribution in [3.8, 4) is 17.2 Å². The number of Topliss-reactive ketones (excluding diaryl/α,β-unsaturated/α-hetero) is 1. The molecule has 1 atom stereocenters. The van der Waals surface area contributed by atoms with E-state index in [0.29, 0.717) is 40.8 Å². The number of aliphatic hydroxyl groups excluding tert-OH is 1. The van der Waals surface area contributed by atoms with Crippen LogP contribution in [0.25, 0.3) is 5.76 Å². The maximum absolute atomic E-state index is 13.1. The highest BCUT2D eigenvalue weighted by Crippen LogP contribution is 2.44. The normalized spacial score (nSPS) is 19.4. The van der Waals surface area contributed by atoms with Gasteiger partial charge in [0.15, 0.2) is 11.5 Å². The highest BCUT2D eigenvalue weighted by molar-refractivity contribution is 7.15. The molecule has 1 fully saturated rings. The molecule has 3 aromatic rings. The van der Waals surface area contributed by atoms with Gasteiger partial charge in [-0.15, -0.1) is 10.2 Å². The van der Waals surface area contributed by atoms with Gasteiger partial charge in [0.25, 0.3) is 5.78 Å². The van der Waals surface area contributed by atoms with Crippen LogP contribution in [-0.4, -0.2) is 45.3 Å². The summed E-state index contributed by atoms with van der Waals surface area (Å²) in [6.07, 6.45) is 0. The number of hydrogen-bond donors (Lipinski definition) is 2. The van der Waals surface area contributed by atoms with Gasteiger partial charge in [-0.3, -0.25) is 14.5 Å². The zero-order chi connectivity index (χ0) is 22.4. The Bertz CT molecular complexity index is 1270. The molecule has 10 heteroatoms. The number of aromatic nitrogens is 2. The predicted octanol–water partition coefficient (Wildman–Crippen LogP) is 2.95. The lowest BCUT2D eigenvalue weighted by molar-refractivity contribution is -0.132. The first kappa shape index (κ1) is 20.0. The second-order valence-electron chi connectivity index (χ2n) is 7.22. The quantitative estimate of drug-likeness (QED) is 0.354. The number of aromatic hydroxyl groups is 1. The maximum atomic E-state index is 13.1. The first-order chi connectivity index (χ1) is 15.4. The highest BCUT2D eigenvalue weighted by Gasteiger charge is 2.48. The summed E-state index contributed by atoms with van der Waals surface area (Å²) in [7, 11) is 0. The number of rotatable bonds is 3. The SMILES string of the molecule is Cc1nnc(N2C(=O)C(=O)/C(=C(/O)c3ccc4c(c3)OCCO4)C2c2ccc(O)cc2)s1. The molecule has 1 saturated heterocycles. The van der Waals surface area contributed by atoms with Crippen molar-refractivity contribution in [2.24, 2.45) is 0 Å². The second-order valence-corrected chi connectivity index (χ2v) is 8.38. The summed E-state index contributed by atoms with van der Waals surface area (Å²) in [5.74, 6) is -1.00. The zero-order valence-corrected chi connectivity index (χ0v) is 17.6. The largest absolute Gasteiger partial charge is 0.508 e. The molecule has 1 aromatic heterocycles. The van der Waals surface area contributed by atoms with Gasteiger partial charge >= 0.3 is 5.91 Å². The molecule has 2 aliphatic heterocycles. The molecule has 0 radical (unpaired) electrons. The number of ketones is 1. The van der Waals surface area contributed by atoms with Crippen molar-refractivity contribution in [1.29, 1.82) is 0 Å². The van der Waals surface area contributed by atoms with Crippen LogP contribution in [0, 0.1) is 6.92 Å². The van der Waals surface area contributed by atoms with E-state index in [4.69, 9.17) is 9.47 Å². The standard InChI is InChI=1S/C22H17N3O6S/c1-11-23-24-22(32-11)25-18(12-2-5-14(26)6-3-12)17(20(28)21(25)29)19(27)13-4-7-15-16(10-13)31-9-8-30-15/h2-7,10,18,26-27H,8-9H2,1H3/b19-17+. The van der Waals surface area contributed by atoms with Gasteiger partial charge in [0.2, 0.25) is 5.13 Å². The molecule has 1 unspecified atom stereocenters. The topological polar surface area (TPSA) is 122 Å². The number of benzene rings is 2. The molecule has 3 heterocycles. The molecule has 0 saturated carbocycles. The van der Waals surface area contributed by atoms with Crippen LogP contribution in [0.15, 0.2) is 48.0 Å². The molecular formula is C22H17N3O6S. The molecule has 0 aliphatic carbocycles. The van der Waals surface area contributed by atoms with Crippen LogP contribution in [0.4, 0.5) is 5.13 Å². The lowest BCUT2D eigenvalue weighted by atomic mass is 9.95. The van der Waals surface area contributed by atoms with Crippen LogP contribution in [0.1, 0.15) is 22.2 Å². The first-order valence-corrected chi connectivity index (χ1v) is 10.6. The first-order valence-electron chi connectivity index (χ1n) is 9.74. The third-order valence-electron chi connectivity index (χ3n) is 5.19. The van der Waals surface area contributed by atoms with E-state index in [1.54, 1.807) is 37.3 Å². The Morgan fingerprint density at radius 1 is 1.06 bits per heavy atom. The average molecular weight is 451 g/mol. The van der Waals surface area contributed by atoms with E-state index < -0.39 is 17.7 Å². The summed E-state index contributed by atoms with van der Waals surface area (Å²) in [5, 5.41) is 29.7. The van der Waals surface area contributed by atoms with Crippen molar-refractivity contribution in [3.05, 3.63) is 64.2 Å². The van der Waals surface area contributed by atoms with Crippen molar-refractivity contribution in [2.45, 2.75) is 13.0 Å². The minimum atomic E-state index is -0.948. The molecule has 32 heavy (non-hydrogen) atoms. The van der Waals surface area contributed by atoms with Gasteiger partial charge in [-0.2, -0.15) is 0 Å². The number of hydrogen-bond acceptors (Lipinski definition) is 9. The Morgan fingerprint density at radius 2 is 1.78 bits per heavy atom. The van der Waals surface area contributed by atoms with E-state index in [1.807, 2.05) is 0 Å². The number of fused-ring (bicyclic) bond motifs is 1. The van der Waals surface area contributed by atoms with E-state index in [-0.39, 0.29) is 22.2 Å². The molecule has 2 aliphatic rings. The van der Waals surface area contributed by atoms with Crippen molar-refractivity contribution >= 4 is 33.9 Å². The van der Waals surface area contributed by atoms with E-state index in [1.165, 1.54) is 17.0 Å². The van der Waals surface area contributed by atoms with Crippen LogP contribution in [0.2, 0.25) is 0 Å². The van der Waals surface area contributed by atoms with Crippen LogP contribution in [-0.2, 0) is 9.59 Å². The minimum Gasteiger partial charge on any atom is -0.508 e. The average Bonchev–Trinajstić information content (AvgIpc) is 3.34. The summed E-state index contributed by atoms with van der Waals surface area (Å²) in [6.45, 7) is 2.53. The highest BCUT2D eigenvalue weighted by atomic mass is 32.1. The molecule has 5 rings (SSSR count). The number of carbonyl (C=O) groups excluding carboxylic acids is 2. The Balaban J connectivity index is 1.69. The van der Waals surface area contributed by atoms with Gasteiger partial charge in [0, 0.05) is 5.56 Å². The second kappa shape index (κ2) is 7.65. The van der Waals surface area contributed by atoms with Crippen molar-refractivity contribution in [3.63, 3.8) is 0 Å². The third kappa shape index (κ3) is 3.25. The summed E-state index contributed by atoms with van der Waals surface area (Å²) >= 11 is 1.16. The molecule has 2 aromatic carbocycles. The minimum absolute atomic E-state index is 0.0318. The van der Waals surface area contributed by atoms with Crippen LogP contribution >= 0.6 is 11.3 Å². The Morgan fingerprint density at radius 3 is 2.47 bits per heavy atom. The number of phenolic OH excluding ortho intramolecular Hbond substituents is 1. The van der Waals surface area contributed by atoms with Gasteiger partial charge in [-0.05, 0) is 42.8 Å². The summed E-state index contributed by atoms with van der Waals surface area (Å²) in [5.41, 5.74) is 0.739. The predicted molar refractivity (Wildman–Crippen MR) is 115 cm³/mol. The summed E-state index contributed by atoms with van der Waals surface area (Å²) in [6, 6.07) is 9.93. The third-order valence-corrected chi connectivity index (χ3v) is 6.03. The van der Waals surface area contributed by atoms with Crippen LogP contribution in [0.3, 0.4) is 0 Å². The number of phenols is 1. The number of anilines is 1. The van der Waals surface area contributed by atoms with Crippen molar-refractivity contribution in [1.82, 2.24) is 10.2 Å². The summed E-state index contributed by atoms with van der Waals surface area (Å²) in [4.78, 5) is 27.3. The van der Waals surface area contributed by atoms with Crippen molar-refractivity contribution in [2.75, 3.05) is 18.1 Å². The van der Waals surface area contributed by atoms with E-state index in [2.05, 4.69) is 10.2 Å². The molecule has 2 N–H and O–H groups in total. The molecule has 162 valence electrons. The fraction of sp³-hybridized carbons (Fsp3) is 0.182. The number of aryl methyl sites for hydroxylation is 1. The Hall–Kier alpha value is -3.92. The van der Waals surface area contributed by atoms with Gasteiger partial charge in [0.1, 0.15) is 29.7 Å². The number of ether oxygens (including phenoxy) is 2. The van der Waals surface area contributed by atoms with Gasteiger partial charge < -0.3 is 19.7 Å². The molecular weight excluding hydrogens is 434 g/mol. The smallest absolute Gasteiger partial charge is 0.301 e. The maximum Gasteiger partial charge on any atom is 0.301 e. The fourth-order valence-electron chi connectivity index (χ4n) is 3.73. The van der Waals surface area contributed by atoms with Gasteiger partial charge in [-0.1, -0.05) is 23.5 Å². The van der Waals surface area contributed by atoms with E-state index in [0.717, 1.165) is 11.3 Å². The van der Waals surface area contributed by atoms with E-state index in [9.17, 15) is 19.8 Å². The lowest BCUT2D eigenvalue weighted by Crippen LogP contribution is -2.29. The van der Waals surface area contributed by atoms with Crippen LogP contribution in [0.5, 0.6) is 17.2 Å². The number of aliphatic hydroxyl groups is 1. The van der Waals surface area contributed by atoms with Gasteiger partial charge in [0.05, 0.1) is 11.6 Å². The Kier molecular flexibility index (Phi) is 4.78. The number of nitrogens with zero attached hydrogens (tertiary/aromatic N) is 3. The zero-order valence-electron chi connectivity index (χ0n) is 16.8. The fourth-order valence-corrected chi connectivity index (χ4v) is 4.45. The van der Waals surface area contributed by atoms with Crippen LogP contribution < -0.4 is 14.4 Å². The Labute approximate surface area is 186 Å². The number of amides is 1. The van der Waals surface area contributed by atoms with E-state index >= 15 is 0 Å². The van der Waals surface area contributed by atoms with Crippen molar-refractivity contribution < 1.29 is 29.3 Å². The molecule has 9 nitrogen and oxygen atoms in total. The molecule has 1 amide bonds. The van der Waals surface area contributed by atoms with Gasteiger partial charge in [-0.25, -0.2) is 0 Å². The number of carbonyl (C=O) groups is 2. The summed E-state index contributed by atoms with van der Waals surface area (Å²) < 4.78 is 11.1. The monoisotopic (exact) mass is 451 g/mol. The molecule has 0 bridgehead atoms. The molecule has 0 spiro atoms. The lowest BCUT2D eigenvalue weighted by Gasteiger charge is -2.23.